The van der Waals surface area contributed by atoms with Crippen molar-refractivity contribution in [2.75, 3.05) is 11.4 Å². The van der Waals surface area contributed by atoms with Gasteiger partial charge in [-0.1, -0.05) is 12.1 Å². The monoisotopic (exact) mass is 376 g/mol. The van der Waals surface area contributed by atoms with Gasteiger partial charge in [-0.3, -0.25) is 14.3 Å². The van der Waals surface area contributed by atoms with Gasteiger partial charge in [0.15, 0.2) is 0 Å². The molecular weight excluding hydrogens is 360 g/mol. The number of amides is 2. The molecule has 2 amide bonds. The van der Waals surface area contributed by atoms with Crippen LogP contribution in [0.5, 0.6) is 0 Å². The largest absolute Gasteiger partial charge is 0.350 e. The van der Waals surface area contributed by atoms with Gasteiger partial charge in [0, 0.05) is 31.4 Å². The van der Waals surface area contributed by atoms with Gasteiger partial charge in [-0.15, -0.1) is 0 Å². The number of benzene rings is 1. The van der Waals surface area contributed by atoms with Crippen molar-refractivity contribution in [3.63, 3.8) is 0 Å². The summed E-state index contributed by atoms with van der Waals surface area (Å²) in [6.45, 7) is 1.43. The van der Waals surface area contributed by atoms with E-state index in [0.717, 1.165) is 28.7 Å². The number of halogens is 1. The van der Waals surface area contributed by atoms with Gasteiger partial charge in [-0.25, -0.2) is 0 Å². The van der Waals surface area contributed by atoms with Crippen LogP contribution in [-0.4, -0.2) is 28.1 Å². The minimum Gasteiger partial charge on any atom is -0.350 e. The third kappa shape index (κ3) is 3.98. The molecule has 120 valence electrons. The lowest BCUT2D eigenvalue weighted by molar-refractivity contribution is -0.122. The smallest absolute Gasteiger partial charge is 0.241 e. The summed E-state index contributed by atoms with van der Waals surface area (Å²) in [6.07, 6.45) is 4.94. The molecule has 1 aromatic heterocycles. The SMILES string of the molecule is O=C(Cn1cc(Br)cn1)NCc1ccc(N2CCCC2=O)cc1. The first-order valence-electron chi connectivity index (χ1n) is 7.46. The van der Waals surface area contributed by atoms with Crippen LogP contribution in [0.3, 0.4) is 0 Å². The van der Waals surface area contributed by atoms with Gasteiger partial charge in [-0.05, 0) is 40.0 Å². The topological polar surface area (TPSA) is 67.2 Å². The first kappa shape index (κ1) is 15.7. The van der Waals surface area contributed by atoms with Crippen molar-refractivity contribution < 1.29 is 9.59 Å². The fourth-order valence-corrected chi connectivity index (χ4v) is 2.87. The van der Waals surface area contributed by atoms with Gasteiger partial charge in [0.1, 0.15) is 6.54 Å². The van der Waals surface area contributed by atoms with E-state index in [1.165, 1.54) is 0 Å². The Kier molecular flexibility index (Phi) is 4.76. The van der Waals surface area contributed by atoms with E-state index in [9.17, 15) is 9.59 Å². The molecule has 3 rings (SSSR count). The maximum absolute atomic E-state index is 11.9. The van der Waals surface area contributed by atoms with E-state index in [-0.39, 0.29) is 18.4 Å². The molecule has 0 spiro atoms. The molecule has 0 unspecified atom stereocenters. The maximum Gasteiger partial charge on any atom is 0.241 e. The molecule has 23 heavy (non-hydrogen) atoms. The van der Waals surface area contributed by atoms with Crippen molar-refractivity contribution in [2.45, 2.75) is 25.9 Å². The molecule has 1 N–H and O–H groups in total. The molecule has 2 aromatic rings. The minimum absolute atomic E-state index is 0.0978. The molecule has 1 fully saturated rings. The molecular formula is C16H17BrN4O2. The summed E-state index contributed by atoms with van der Waals surface area (Å²) in [6, 6.07) is 7.72. The second-order valence-corrected chi connectivity index (χ2v) is 6.36. The Balaban J connectivity index is 1.52. The van der Waals surface area contributed by atoms with Crippen molar-refractivity contribution in [3.05, 3.63) is 46.7 Å². The summed E-state index contributed by atoms with van der Waals surface area (Å²) < 4.78 is 2.42. The fraction of sp³-hybridized carbons (Fsp3) is 0.312. The van der Waals surface area contributed by atoms with Crippen LogP contribution in [0.4, 0.5) is 5.69 Å². The number of nitrogens with one attached hydrogen (secondary N) is 1. The van der Waals surface area contributed by atoms with Crippen molar-refractivity contribution >= 4 is 33.4 Å². The van der Waals surface area contributed by atoms with Gasteiger partial charge in [-0.2, -0.15) is 5.10 Å². The Morgan fingerprint density at radius 2 is 2.09 bits per heavy atom. The summed E-state index contributed by atoms with van der Waals surface area (Å²) in [4.78, 5) is 25.4. The lowest BCUT2D eigenvalue weighted by Gasteiger charge is -2.16. The molecule has 0 aliphatic carbocycles. The summed E-state index contributed by atoms with van der Waals surface area (Å²) in [5.41, 5.74) is 1.92. The number of carbonyl (C=O) groups is 2. The molecule has 0 saturated carbocycles. The van der Waals surface area contributed by atoms with Crippen LogP contribution in [0.15, 0.2) is 41.1 Å². The van der Waals surface area contributed by atoms with Crippen LogP contribution in [-0.2, 0) is 22.7 Å². The lowest BCUT2D eigenvalue weighted by Crippen LogP contribution is -2.27. The van der Waals surface area contributed by atoms with Crippen molar-refractivity contribution in [3.8, 4) is 0 Å². The number of nitrogens with zero attached hydrogens (tertiary/aromatic N) is 3. The van der Waals surface area contributed by atoms with Crippen molar-refractivity contribution in [2.24, 2.45) is 0 Å². The van der Waals surface area contributed by atoms with E-state index in [1.54, 1.807) is 22.0 Å². The highest BCUT2D eigenvalue weighted by Crippen LogP contribution is 2.21. The zero-order chi connectivity index (χ0) is 16.2. The van der Waals surface area contributed by atoms with E-state index in [0.29, 0.717) is 13.0 Å². The standard InChI is InChI=1S/C16H17BrN4O2/c17-13-9-19-20(10-13)11-15(22)18-8-12-3-5-14(6-4-12)21-7-1-2-16(21)23/h3-6,9-10H,1-2,7-8,11H2,(H,18,22). The Morgan fingerprint density at radius 3 is 2.70 bits per heavy atom. The Morgan fingerprint density at radius 1 is 1.30 bits per heavy atom. The van der Waals surface area contributed by atoms with Gasteiger partial charge in [0.2, 0.25) is 11.8 Å². The molecule has 0 radical (unpaired) electrons. The third-order valence-electron chi connectivity index (χ3n) is 3.72. The molecule has 1 saturated heterocycles. The number of hydrogen-bond acceptors (Lipinski definition) is 3. The molecule has 7 heteroatoms. The zero-order valence-corrected chi connectivity index (χ0v) is 14.1. The van der Waals surface area contributed by atoms with Crippen LogP contribution in [0, 0.1) is 0 Å². The van der Waals surface area contributed by atoms with E-state index in [2.05, 4.69) is 26.3 Å². The Hall–Kier alpha value is -2.15. The summed E-state index contributed by atoms with van der Waals surface area (Å²) in [5.74, 6) is 0.0795. The van der Waals surface area contributed by atoms with Gasteiger partial charge in [0.25, 0.3) is 0 Å². The van der Waals surface area contributed by atoms with Crippen molar-refractivity contribution in [1.29, 1.82) is 0 Å². The molecule has 0 atom stereocenters. The number of hydrogen-bond donors (Lipinski definition) is 1. The molecule has 6 nitrogen and oxygen atoms in total. The Labute approximate surface area is 142 Å². The summed E-state index contributed by atoms with van der Waals surface area (Å²) in [7, 11) is 0. The predicted octanol–water partition coefficient (Wildman–Crippen LogP) is 2.09. The van der Waals surface area contributed by atoms with Crippen molar-refractivity contribution in [1.82, 2.24) is 15.1 Å². The van der Waals surface area contributed by atoms with E-state index >= 15 is 0 Å². The number of carbonyl (C=O) groups excluding carboxylic acids is 2. The van der Waals surface area contributed by atoms with Crippen LogP contribution >= 0.6 is 15.9 Å². The highest BCUT2D eigenvalue weighted by atomic mass is 79.9. The van der Waals surface area contributed by atoms with Crippen LogP contribution in [0.2, 0.25) is 0 Å². The minimum atomic E-state index is -0.0978. The summed E-state index contributed by atoms with van der Waals surface area (Å²) in [5, 5.41) is 6.90. The highest BCUT2D eigenvalue weighted by Gasteiger charge is 2.21. The fourth-order valence-electron chi connectivity index (χ4n) is 2.54. The van der Waals surface area contributed by atoms with Gasteiger partial charge < -0.3 is 10.2 Å². The molecule has 1 aliphatic rings. The lowest BCUT2D eigenvalue weighted by atomic mass is 10.2. The maximum atomic E-state index is 11.9. The highest BCUT2D eigenvalue weighted by molar-refractivity contribution is 9.10. The van der Waals surface area contributed by atoms with E-state index < -0.39 is 0 Å². The second-order valence-electron chi connectivity index (χ2n) is 5.45. The third-order valence-corrected chi connectivity index (χ3v) is 4.13. The molecule has 0 bridgehead atoms. The predicted molar refractivity (Wildman–Crippen MR) is 89.8 cm³/mol. The molecule has 1 aromatic carbocycles. The molecule has 2 heterocycles. The van der Waals surface area contributed by atoms with Crippen LogP contribution < -0.4 is 10.2 Å². The number of aromatic nitrogens is 2. The number of anilines is 1. The quantitative estimate of drug-likeness (QED) is 0.868. The van der Waals surface area contributed by atoms with Crippen LogP contribution in [0.25, 0.3) is 0 Å². The normalized spacial score (nSPS) is 14.3. The van der Waals surface area contributed by atoms with Gasteiger partial charge >= 0.3 is 0 Å². The van der Waals surface area contributed by atoms with Gasteiger partial charge in [0.05, 0.1) is 10.7 Å². The number of rotatable bonds is 5. The zero-order valence-electron chi connectivity index (χ0n) is 12.5. The summed E-state index contributed by atoms with van der Waals surface area (Å²) >= 11 is 3.29. The Bertz CT molecular complexity index is 711. The molecule has 1 aliphatic heterocycles. The first-order valence-corrected chi connectivity index (χ1v) is 8.25. The van der Waals surface area contributed by atoms with E-state index in [1.807, 2.05) is 24.3 Å². The average Bonchev–Trinajstić information content (AvgIpc) is 3.14. The van der Waals surface area contributed by atoms with E-state index in [4.69, 9.17) is 0 Å². The second kappa shape index (κ2) is 6.95. The van der Waals surface area contributed by atoms with Crippen LogP contribution in [0.1, 0.15) is 18.4 Å². The average molecular weight is 377 g/mol. The first-order chi connectivity index (χ1) is 11.1.